The van der Waals surface area contributed by atoms with E-state index in [9.17, 15) is 22.8 Å². The second-order valence-electron chi connectivity index (χ2n) is 8.21. The zero-order valence-corrected chi connectivity index (χ0v) is 16.2. The molecule has 0 saturated carbocycles. The molecule has 0 aromatic heterocycles. The summed E-state index contributed by atoms with van der Waals surface area (Å²) in [6, 6.07) is 3.71. The molecule has 0 radical (unpaired) electrons. The van der Waals surface area contributed by atoms with Crippen molar-refractivity contribution in [2.75, 3.05) is 13.1 Å². The third-order valence-electron chi connectivity index (χ3n) is 4.32. The largest absolute Gasteiger partial charge is 0.444 e. The van der Waals surface area contributed by atoms with Gasteiger partial charge in [-0.25, -0.2) is 4.79 Å². The molecular weight excluding hydrogens is 359 g/mol. The van der Waals surface area contributed by atoms with Gasteiger partial charge in [0.05, 0.1) is 5.56 Å². The molecule has 1 aliphatic rings. The number of hydrogen-bond acceptors (Lipinski definition) is 3. The highest BCUT2D eigenvalue weighted by molar-refractivity contribution is 5.81. The summed E-state index contributed by atoms with van der Waals surface area (Å²) in [4.78, 5) is 26.0. The van der Waals surface area contributed by atoms with Crippen molar-refractivity contribution < 1.29 is 27.5 Å². The minimum atomic E-state index is -4.43. The van der Waals surface area contributed by atoms with Crippen LogP contribution in [0.2, 0.25) is 0 Å². The number of ketones is 1. The quantitative estimate of drug-likeness (QED) is 0.750. The Morgan fingerprint density at radius 1 is 1.19 bits per heavy atom. The number of carbonyl (C=O) groups excluding carboxylic acids is 2. The van der Waals surface area contributed by atoms with Crippen molar-refractivity contribution in [3.63, 3.8) is 0 Å². The van der Waals surface area contributed by atoms with E-state index in [1.54, 1.807) is 38.7 Å². The number of Topliss-reactive ketones (excluding diaryl/α,β-unsaturated/α-hetero) is 1. The maximum absolute atomic E-state index is 12.9. The molecule has 1 saturated heterocycles. The SMILES string of the molecule is Cc1cc(CC(=O)CC2CCN(C(=O)OC(C)(C)C)C2)cc(C(F)(F)F)c1. The Hall–Kier alpha value is -2.05. The van der Waals surface area contributed by atoms with Crippen LogP contribution < -0.4 is 0 Å². The van der Waals surface area contributed by atoms with E-state index in [0.29, 0.717) is 30.6 Å². The Bertz CT molecular complexity index is 707. The lowest BCUT2D eigenvalue weighted by Crippen LogP contribution is -2.35. The van der Waals surface area contributed by atoms with Gasteiger partial charge >= 0.3 is 12.3 Å². The number of likely N-dealkylation sites (tertiary alicyclic amines) is 1. The maximum atomic E-state index is 12.9. The number of ether oxygens (including phenoxy) is 1. The predicted octanol–water partition coefficient (Wildman–Crippen LogP) is 4.77. The summed E-state index contributed by atoms with van der Waals surface area (Å²) in [6.07, 6.45) is -3.93. The van der Waals surface area contributed by atoms with Crippen molar-refractivity contribution in [2.45, 2.75) is 58.7 Å². The number of halogens is 3. The standard InChI is InChI=1S/C20H26F3NO3/c1-13-7-15(9-16(8-13)20(21,22)23)11-17(25)10-14-5-6-24(12-14)18(26)27-19(2,3)4/h7-9,14H,5-6,10-12H2,1-4H3. The molecule has 7 heteroatoms. The van der Waals surface area contributed by atoms with Gasteiger partial charge in [-0.1, -0.05) is 11.6 Å². The van der Waals surface area contributed by atoms with Gasteiger partial charge in [0.25, 0.3) is 0 Å². The first-order valence-corrected chi connectivity index (χ1v) is 9.01. The van der Waals surface area contributed by atoms with E-state index in [-0.39, 0.29) is 24.5 Å². The van der Waals surface area contributed by atoms with Crippen LogP contribution in [0.4, 0.5) is 18.0 Å². The van der Waals surface area contributed by atoms with Crippen molar-refractivity contribution in [1.82, 2.24) is 4.90 Å². The van der Waals surface area contributed by atoms with E-state index in [4.69, 9.17) is 4.74 Å². The van der Waals surface area contributed by atoms with Gasteiger partial charge in [-0.2, -0.15) is 13.2 Å². The topological polar surface area (TPSA) is 46.6 Å². The Labute approximate surface area is 157 Å². The molecule has 1 aliphatic heterocycles. The van der Waals surface area contributed by atoms with Crippen LogP contribution in [0.1, 0.15) is 50.3 Å². The smallest absolute Gasteiger partial charge is 0.416 e. The van der Waals surface area contributed by atoms with E-state index in [2.05, 4.69) is 0 Å². The molecule has 1 unspecified atom stereocenters. The van der Waals surface area contributed by atoms with E-state index in [1.165, 1.54) is 0 Å². The third kappa shape index (κ3) is 6.56. The lowest BCUT2D eigenvalue weighted by molar-refractivity contribution is -0.137. The fraction of sp³-hybridized carbons (Fsp3) is 0.600. The van der Waals surface area contributed by atoms with Crippen molar-refractivity contribution in [3.05, 3.63) is 34.9 Å². The minimum Gasteiger partial charge on any atom is -0.444 e. The summed E-state index contributed by atoms with van der Waals surface area (Å²) >= 11 is 0. The second kappa shape index (κ2) is 7.90. The summed E-state index contributed by atoms with van der Waals surface area (Å²) in [6.45, 7) is 7.91. The molecule has 1 amide bonds. The fourth-order valence-electron chi connectivity index (χ4n) is 3.24. The average Bonchev–Trinajstić information content (AvgIpc) is 2.92. The number of benzene rings is 1. The highest BCUT2D eigenvalue weighted by Crippen LogP contribution is 2.31. The number of carbonyl (C=O) groups is 2. The van der Waals surface area contributed by atoms with Gasteiger partial charge in [-0.15, -0.1) is 0 Å². The monoisotopic (exact) mass is 385 g/mol. The van der Waals surface area contributed by atoms with Crippen molar-refractivity contribution >= 4 is 11.9 Å². The van der Waals surface area contributed by atoms with Crippen LogP contribution in [-0.4, -0.2) is 35.5 Å². The molecule has 1 atom stereocenters. The first-order valence-electron chi connectivity index (χ1n) is 9.01. The molecule has 1 aromatic carbocycles. The van der Waals surface area contributed by atoms with E-state index in [0.717, 1.165) is 12.1 Å². The fourth-order valence-corrected chi connectivity index (χ4v) is 3.24. The first-order chi connectivity index (χ1) is 12.3. The van der Waals surface area contributed by atoms with Gasteiger partial charge in [0.2, 0.25) is 0 Å². The average molecular weight is 385 g/mol. The van der Waals surface area contributed by atoms with E-state index < -0.39 is 23.4 Å². The summed E-state index contributed by atoms with van der Waals surface area (Å²) in [5.74, 6) is -0.110. The Morgan fingerprint density at radius 2 is 1.85 bits per heavy atom. The van der Waals surface area contributed by atoms with Gasteiger partial charge in [-0.05, 0) is 57.7 Å². The molecule has 0 N–H and O–H groups in total. The van der Waals surface area contributed by atoms with Crippen LogP contribution in [0.3, 0.4) is 0 Å². The van der Waals surface area contributed by atoms with Gasteiger partial charge in [-0.3, -0.25) is 4.79 Å². The second-order valence-corrected chi connectivity index (χ2v) is 8.21. The van der Waals surface area contributed by atoms with E-state index in [1.807, 2.05) is 0 Å². The van der Waals surface area contributed by atoms with Crippen molar-refractivity contribution in [2.24, 2.45) is 5.92 Å². The Morgan fingerprint density at radius 3 is 2.44 bits per heavy atom. The predicted molar refractivity (Wildman–Crippen MR) is 95.4 cm³/mol. The maximum Gasteiger partial charge on any atom is 0.416 e. The number of rotatable bonds is 4. The Kier molecular flexibility index (Phi) is 6.22. The molecule has 0 spiro atoms. The van der Waals surface area contributed by atoms with Crippen molar-refractivity contribution in [3.8, 4) is 0 Å². The summed E-state index contributed by atoms with van der Waals surface area (Å²) in [5.41, 5.74) is -0.465. The number of aryl methyl sites for hydroxylation is 1. The van der Waals surface area contributed by atoms with Crippen LogP contribution >= 0.6 is 0 Å². The van der Waals surface area contributed by atoms with Crippen LogP contribution in [0.15, 0.2) is 18.2 Å². The minimum absolute atomic E-state index is 0.0110. The van der Waals surface area contributed by atoms with Gasteiger partial charge in [0.15, 0.2) is 0 Å². The normalized spacial score (nSPS) is 17.9. The van der Waals surface area contributed by atoms with Crippen LogP contribution in [0, 0.1) is 12.8 Å². The van der Waals surface area contributed by atoms with Gasteiger partial charge in [0.1, 0.15) is 11.4 Å². The zero-order chi connectivity index (χ0) is 20.4. The lowest BCUT2D eigenvalue weighted by atomic mass is 9.96. The number of alkyl halides is 3. The summed E-state index contributed by atoms with van der Waals surface area (Å²) in [5, 5.41) is 0. The number of hydrogen-bond donors (Lipinski definition) is 0. The summed E-state index contributed by atoms with van der Waals surface area (Å²) < 4.78 is 44.1. The molecule has 0 aliphatic carbocycles. The van der Waals surface area contributed by atoms with Gasteiger partial charge in [0, 0.05) is 25.9 Å². The molecule has 27 heavy (non-hydrogen) atoms. The highest BCUT2D eigenvalue weighted by atomic mass is 19.4. The molecule has 4 nitrogen and oxygen atoms in total. The number of nitrogens with zero attached hydrogens (tertiary/aromatic N) is 1. The number of amides is 1. The van der Waals surface area contributed by atoms with Crippen LogP contribution in [0.25, 0.3) is 0 Å². The molecule has 1 aromatic rings. The highest BCUT2D eigenvalue weighted by Gasteiger charge is 2.32. The van der Waals surface area contributed by atoms with Crippen LogP contribution in [-0.2, 0) is 22.1 Å². The lowest BCUT2D eigenvalue weighted by Gasteiger charge is -2.24. The summed E-state index contributed by atoms with van der Waals surface area (Å²) in [7, 11) is 0. The zero-order valence-electron chi connectivity index (χ0n) is 16.2. The molecular formula is C20H26F3NO3. The van der Waals surface area contributed by atoms with Gasteiger partial charge < -0.3 is 9.64 Å². The van der Waals surface area contributed by atoms with Crippen LogP contribution in [0.5, 0.6) is 0 Å². The molecule has 2 rings (SSSR count). The molecule has 150 valence electrons. The first kappa shape index (κ1) is 21.3. The van der Waals surface area contributed by atoms with E-state index >= 15 is 0 Å². The molecule has 1 heterocycles. The third-order valence-corrected chi connectivity index (χ3v) is 4.32. The van der Waals surface area contributed by atoms with Crippen molar-refractivity contribution in [1.29, 1.82) is 0 Å². The Balaban J connectivity index is 1.92. The molecule has 1 fully saturated rings. The molecule has 0 bridgehead atoms.